The number of halogens is 2. The first-order valence-corrected chi connectivity index (χ1v) is 13.7. The van der Waals surface area contributed by atoms with Gasteiger partial charge in [-0.2, -0.15) is 5.10 Å². The summed E-state index contributed by atoms with van der Waals surface area (Å²) in [4.78, 5) is 27.7. The van der Waals surface area contributed by atoms with Gasteiger partial charge in [0.2, 0.25) is 5.56 Å². The van der Waals surface area contributed by atoms with Crippen LogP contribution in [0.5, 0.6) is 0 Å². The third-order valence-electron chi connectivity index (χ3n) is 7.41. The highest BCUT2D eigenvalue weighted by molar-refractivity contribution is 6.30. The van der Waals surface area contributed by atoms with Gasteiger partial charge in [0, 0.05) is 63.1 Å². The number of likely N-dealkylation sites (tertiary alicyclic amines) is 1. The molecule has 1 fully saturated rings. The normalized spacial score (nSPS) is 17.1. The number of carbonyl (C=O) groups excluding carboxylic acids is 1. The molecular weight excluding hydrogens is 547 g/mol. The monoisotopic (exact) mass is 578 g/mol. The van der Waals surface area contributed by atoms with Gasteiger partial charge in [-0.15, -0.1) is 0 Å². The molecule has 3 heterocycles. The summed E-state index contributed by atoms with van der Waals surface area (Å²) in [5.41, 5.74) is 3.64. The number of urea groups is 1. The average Bonchev–Trinajstić information content (AvgIpc) is 3.51. The number of aryl methyl sites for hydroxylation is 1. The number of nitrogens with one attached hydrogen (secondary N) is 2. The number of hydrogen-bond donors (Lipinski definition) is 2. The van der Waals surface area contributed by atoms with Crippen LogP contribution in [0.2, 0.25) is 5.02 Å². The molecule has 2 aromatic heterocycles. The summed E-state index contributed by atoms with van der Waals surface area (Å²) in [6.07, 6.45) is 1.72. The number of hydrogen-bond acceptors (Lipinski definition) is 5. The molecule has 2 atom stereocenters. The van der Waals surface area contributed by atoms with Crippen molar-refractivity contribution in [3.05, 3.63) is 99.2 Å². The molecule has 5 rings (SSSR count). The van der Waals surface area contributed by atoms with Crippen molar-refractivity contribution >= 4 is 23.4 Å². The second-order valence-corrected chi connectivity index (χ2v) is 10.6. The number of ether oxygens (including phenoxy) is 1. The van der Waals surface area contributed by atoms with Crippen LogP contribution in [0.15, 0.2) is 71.7 Å². The van der Waals surface area contributed by atoms with E-state index in [1.165, 1.54) is 16.7 Å². The first-order chi connectivity index (χ1) is 19.7. The van der Waals surface area contributed by atoms with E-state index in [1.807, 2.05) is 37.3 Å². The molecule has 2 N–H and O–H groups in total. The lowest BCUT2D eigenvalue weighted by Gasteiger charge is -2.21. The largest absolute Gasteiger partial charge is 0.383 e. The number of pyridine rings is 1. The molecule has 0 aliphatic carbocycles. The fourth-order valence-corrected chi connectivity index (χ4v) is 5.42. The summed E-state index contributed by atoms with van der Waals surface area (Å²) in [5, 5.41) is 11.0. The molecule has 11 heteroatoms. The maximum Gasteiger partial charge on any atom is 0.320 e. The Morgan fingerprint density at radius 1 is 1.15 bits per heavy atom. The van der Waals surface area contributed by atoms with Gasteiger partial charge in [-0.05, 0) is 42.8 Å². The van der Waals surface area contributed by atoms with Crippen molar-refractivity contribution in [1.29, 1.82) is 0 Å². The fraction of sp³-hybridized carbons (Fsp3) is 0.300. The molecule has 1 saturated heterocycles. The minimum absolute atomic E-state index is 0.0503. The first-order valence-electron chi connectivity index (χ1n) is 13.3. The van der Waals surface area contributed by atoms with Crippen LogP contribution in [0.4, 0.5) is 15.0 Å². The molecule has 41 heavy (non-hydrogen) atoms. The van der Waals surface area contributed by atoms with Crippen molar-refractivity contribution in [1.82, 2.24) is 24.6 Å². The van der Waals surface area contributed by atoms with Gasteiger partial charge in [0.1, 0.15) is 11.6 Å². The highest BCUT2D eigenvalue weighted by atomic mass is 35.5. The summed E-state index contributed by atoms with van der Waals surface area (Å²) in [5.74, 6) is -0.0731. The Morgan fingerprint density at radius 3 is 2.63 bits per heavy atom. The van der Waals surface area contributed by atoms with Crippen molar-refractivity contribution in [3.8, 4) is 16.9 Å². The molecule has 0 saturated carbocycles. The van der Waals surface area contributed by atoms with Crippen LogP contribution in [-0.2, 0) is 11.8 Å². The lowest BCUT2D eigenvalue weighted by atomic mass is 9.94. The minimum atomic E-state index is -0.481. The smallest absolute Gasteiger partial charge is 0.320 e. The molecule has 0 radical (unpaired) electrons. The second-order valence-electron chi connectivity index (χ2n) is 10.2. The van der Waals surface area contributed by atoms with Gasteiger partial charge in [0.25, 0.3) is 0 Å². The number of amides is 2. The lowest BCUT2D eigenvalue weighted by Crippen LogP contribution is -2.42. The Morgan fingerprint density at radius 2 is 1.93 bits per heavy atom. The summed E-state index contributed by atoms with van der Waals surface area (Å²) >= 11 is 6.10. The van der Waals surface area contributed by atoms with E-state index in [-0.39, 0.29) is 22.5 Å². The van der Waals surface area contributed by atoms with E-state index in [0.29, 0.717) is 37.8 Å². The molecule has 9 nitrogen and oxygen atoms in total. The zero-order valence-electron chi connectivity index (χ0n) is 23.1. The van der Waals surface area contributed by atoms with E-state index < -0.39 is 11.8 Å². The maximum absolute atomic E-state index is 13.9. The Balaban J connectivity index is 1.44. The quantitative estimate of drug-likeness (QED) is 0.319. The maximum atomic E-state index is 13.9. The van der Waals surface area contributed by atoms with E-state index in [9.17, 15) is 14.0 Å². The number of rotatable bonds is 8. The molecule has 214 valence electrons. The number of para-hydroxylation sites is 1. The first kappa shape index (κ1) is 28.5. The zero-order chi connectivity index (χ0) is 29.1. The molecule has 0 bridgehead atoms. The van der Waals surface area contributed by atoms with Gasteiger partial charge in [-0.1, -0.05) is 35.9 Å². The summed E-state index contributed by atoms with van der Waals surface area (Å²) in [6.45, 7) is 4.39. The Labute approximate surface area is 242 Å². The third-order valence-corrected chi connectivity index (χ3v) is 7.70. The van der Waals surface area contributed by atoms with Crippen LogP contribution in [0.25, 0.3) is 16.9 Å². The van der Waals surface area contributed by atoms with Crippen LogP contribution >= 0.6 is 11.6 Å². The Kier molecular flexibility index (Phi) is 8.53. The van der Waals surface area contributed by atoms with Crippen molar-refractivity contribution in [2.75, 3.05) is 38.7 Å². The van der Waals surface area contributed by atoms with Gasteiger partial charge in [0.15, 0.2) is 0 Å². The van der Waals surface area contributed by atoms with Crippen LogP contribution in [0.1, 0.15) is 17.0 Å². The predicted octanol–water partition coefficient (Wildman–Crippen LogP) is 4.57. The minimum Gasteiger partial charge on any atom is -0.383 e. The summed E-state index contributed by atoms with van der Waals surface area (Å²) in [6, 6.07) is 16.8. The molecule has 1 aliphatic rings. The number of carbonyl (C=O) groups is 1. The van der Waals surface area contributed by atoms with E-state index >= 15 is 0 Å². The molecular formula is C30H32ClFN6O3. The molecule has 4 aromatic rings. The predicted molar refractivity (Wildman–Crippen MR) is 157 cm³/mol. The molecule has 0 spiro atoms. The summed E-state index contributed by atoms with van der Waals surface area (Å²) < 4.78 is 22.3. The Bertz CT molecular complexity index is 1610. The van der Waals surface area contributed by atoms with Gasteiger partial charge in [0.05, 0.1) is 29.1 Å². The number of benzene rings is 2. The second kappa shape index (κ2) is 12.3. The SMILES string of the molecule is COCCN1CC(NC(=O)Nc2c(C)c(-c3ccc(=O)n(C)c3)nn2-c2ccccc2)[C@H](c2ccc(F)c(Cl)c2)C1. The fourth-order valence-electron chi connectivity index (χ4n) is 5.23. The van der Waals surface area contributed by atoms with Crippen molar-refractivity contribution in [3.63, 3.8) is 0 Å². The van der Waals surface area contributed by atoms with E-state index in [4.69, 9.17) is 21.4 Å². The van der Waals surface area contributed by atoms with Gasteiger partial charge >= 0.3 is 6.03 Å². The number of methoxy groups -OCH3 is 1. The molecule has 2 amide bonds. The molecule has 2 aromatic carbocycles. The van der Waals surface area contributed by atoms with E-state index in [2.05, 4.69) is 15.5 Å². The zero-order valence-corrected chi connectivity index (χ0v) is 23.9. The topological polar surface area (TPSA) is 93.4 Å². The number of nitrogens with zero attached hydrogens (tertiary/aromatic N) is 4. The third kappa shape index (κ3) is 6.19. The average molecular weight is 579 g/mol. The van der Waals surface area contributed by atoms with Gasteiger partial charge < -0.3 is 14.6 Å². The Hall–Kier alpha value is -3.99. The van der Waals surface area contributed by atoms with Gasteiger partial charge in [-0.25, -0.2) is 13.9 Å². The molecule has 1 aliphatic heterocycles. The van der Waals surface area contributed by atoms with Crippen LogP contribution in [-0.4, -0.2) is 64.7 Å². The van der Waals surface area contributed by atoms with Crippen LogP contribution in [0.3, 0.4) is 0 Å². The highest BCUT2D eigenvalue weighted by Crippen LogP contribution is 2.32. The standard InChI is InChI=1S/C30H32ClFN6O3/c1-19-28(21-10-12-27(39)36(2)16-21)35-38(22-7-5-4-6-8-22)29(19)34-30(40)33-26-18-37(13-14-41-3)17-23(26)20-9-11-25(32)24(31)15-20/h4-12,15-16,23,26H,13-14,17-18H2,1-3H3,(H2,33,34,40)/t23-,26?/m0/s1. The number of anilines is 1. The van der Waals surface area contributed by atoms with Crippen LogP contribution < -0.4 is 16.2 Å². The van der Waals surface area contributed by atoms with Crippen molar-refractivity contribution < 1.29 is 13.9 Å². The van der Waals surface area contributed by atoms with Crippen LogP contribution in [0, 0.1) is 12.7 Å². The highest BCUT2D eigenvalue weighted by Gasteiger charge is 2.35. The summed E-state index contributed by atoms with van der Waals surface area (Å²) in [7, 11) is 3.34. The number of aromatic nitrogens is 3. The van der Waals surface area contributed by atoms with Crippen molar-refractivity contribution in [2.45, 2.75) is 18.9 Å². The van der Waals surface area contributed by atoms with E-state index in [0.717, 1.165) is 22.4 Å². The molecule has 1 unspecified atom stereocenters. The van der Waals surface area contributed by atoms with E-state index in [1.54, 1.807) is 43.2 Å². The van der Waals surface area contributed by atoms with Gasteiger partial charge in [-0.3, -0.25) is 15.0 Å². The van der Waals surface area contributed by atoms with Crippen molar-refractivity contribution in [2.24, 2.45) is 7.05 Å². The lowest BCUT2D eigenvalue weighted by molar-refractivity contribution is 0.159.